The van der Waals surface area contributed by atoms with Crippen molar-refractivity contribution in [3.8, 4) is 0 Å². The van der Waals surface area contributed by atoms with Crippen molar-refractivity contribution in [1.82, 2.24) is 0 Å². The molecule has 0 fully saturated rings. The van der Waals surface area contributed by atoms with E-state index in [0.717, 1.165) is 10.9 Å². The molecular formula is C20H17NO3S. The SMILES string of the molecule is NC(=O)C1(S(=O)(=O)c2cccc3ccccc23)CCc2ccccc21. The number of amides is 1. The molecule has 0 radical (unpaired) electrons. The Labute approximate surface area is 146 Å². The highest BCUT2D eigenvalue weighted by Gasteiger charge is 2.55. The van der Waals surface area contributed by atoms with E-state index in [1.807, 2.05) is 30.3 Å². The molecule has 0 bridgehead atoms. The fourth-order valence-electron chi connectivity index (χ4n) is 3.86. The van der Waals surface area contributed by atoms with E-state index in [1.54, 1.807) is 36.4 Å². The molecule has 1 atom stereocenters. The molecule has 2 N–H and O–H groups in total. The highest BCUT2D eigenvalue weighted by atomic mass is 32.2. The second-order valence-electron chi connectivity index (χ2n) is 6.33. The van der Waals surface area contributed by atoms with Crippen LogP contribution >= 0.6 is 0 Å². The van der Waals surface area contributed by atoms with Gasteiger partial charge in [-0.3, -0.25) is 4.79 Å². The van der Waals surface area contributed by atoms with E-state index in [2.05, 4.69) is 0 Å². The van der Waals surface area contributed by atoms with Crippen LogP contribution in [0.15, 0.2) is 71.6 Å². The van der Waals surface area contributed by atoms with Gasteiger partial charge in [0.05, 0.1) is 4.90 Å². The third-order valence-electron chi connectivity index (χ3n) is 5.09. The first-order valence-corrected chi connectivity index (χ1v) is 9.57. The van der Waals surface area contributed by atoms with Gasteiger partial charge in [-0.2, -0.15) is 0 Å². The fourth-order valence-corrected chi connectivity index (χ4v) is 6.10. The summed E-state index contributed by atoms with van der Waals surface area (Å²) in [5, 5.41) is 1.42. The van der Waals surface area contributed by atoms with Crippen molar-refractivity contribution >= 4 is 26.5 Å². The Hall–Kier alpha value is -2.66. The minimum absolute atomic E-state index is 0.154. The van der Waals surface area contributed by atoms with Crippen molar-refractivity contribution in [2.75, 3.05) is 0 Å². The van der Waals surface area contributed by atoms with Gasteiger partial charge in [-0.1, -0.05) is 60.7 Å². The summed E-state index contributed by atoms with van der Waals surface area (Å²) < 4.78 is 25.6. The van der Waals surface area contributed by atoms with Crippen LogP contribution in [-0.2, 0) is 25.8 Å². The van der Waals surface area contributed by atoms with Crippen molar-refractivity contribution in [3.05, 3.63) is 77.9 Å². The van der Waals surface area contributed by atoms with Crippen molar-refractivity contribution in [2.24, 2.45) is 5.73 Å². The monoisotopic (exact) mass is 351 g/mol. The minimum Gasteiger partial charge on any atom is -0.368 e. The summed E-state index contributed by atoms with van der Waals surface area (Å²) >= 11 is 0. The number of hydrogen-bond donors (Lipinski definition) is 1. The van der Waals surface area contributed by atoms with Gasteiger partial charge in [-0.25, -0.2) is 8.42 Å². The highest BCUT2D eigenvalue weighted by molar-refractivity contribution is 7.93. The van der Waals surface area contributed by atoms with Gasteiger partial charge >= 0.3 is 0 Å². The van der Waals surface area contributed by atoms with Crippen molar-refractivity contribution in [3.63, 3.8) is 0 Å². The third-order valence-corrected chi connectivity index (χ3v) is 7.57. The quantitative estimate of drug-likeness (QED) is 0.788. The van der Waals surface area contributed by atoms with Gasteiger partial charge in [0.25, 0.3) is 0 Å². The molecule has 25 heavy (non-hydrogen) atoms. The zero-order valence-electron chi connectivity index (χ0n) is 13.5. The van der Waals surface area contributed by atoms with E-state index in [-0.39, 0.29) is 11.3 Å². The molecule has 1 aliphatic rings. The average Bonchev–Trinajstić information content (AvgIpc) is 3.02. The number of carbonyl (C=O) groups is 1. The Morgan fingerprint density at radius 2 is 1.60 bits per heavy atom. The second kappa shape index (κ2) is 5.43. The van der Waals surface area contributed by atoms with E-state index >= 15 is 0 Å². The number of benzene rings is 3. The lowest BCUT2D eigenvalue weighted by Crippen LogP contribution is -2.46. The molecule has 1 unspecified atom stereocenters. The van der Waals surface area contributed by atoms with Gasteiger partial charge < -0.3 is 5.73 Å². The van der Waals surface area contributed by atoms with Crippen LogP contribution < -0.4 is 5.73 Å². The minimum atomic E-state index is -4.01. The van der Waals surface area contributed by atoms with Crippen molar-refractivity contribution in [2.45, 2.75) is 22.5 Å². The number of primary amides is 1. The van der Waals surface area contributed by atoms with Crippen LogP contribution in [0.2, 0.25) is 0 Å². The molecule has 0 heterocycles. The zero-order chi connectivity index (χ0) is 17.7. The molecule has 3 aromatic rings. The van der Waals surface area contributed by atoms with Crippen LogP contribution in [0.4, 0.5) is 0 Å². The van der Waals surface area contributed by atoms with Gasteiger partial charge in [-0.05, 0) is 35.4 Å². The Morgan fingerprint density at radius 1 is 0.920 bits per heavy atom. The van der Waals surface area contributed by atoms with Gasteiger partial charge in [0.1, 0.15) is 0 Å². The summed E-state index contributed by atoms with van der Waals surface area (Å²) in [7, 11) is -4.01. The molecule has 0 aliphatic heterocycles. The maximum absolute atomic E-state index is 13.7. The standard InChI is InChI=1S/C20H17NO3S/c21-19(22)20(13-12-15-7-2-4-10-17(15)20)25(23,24)18-11-5-8-14-6-1-3-9-16(14)18/h1-11H,12-13H2,(H2,21,22). The Kier molecular flexibility index (Phi) is 3.44. The molecule has 4 rings (SSSR count). The van der Waals surface area contributed by atoms with Crippen LogP contribution in [0.3, 0.4) is 0 Å². The summed E-state index contributed by atoms with van der Waals surface area (Å²) in [6, 6.07) is 19.5. The summed E-state index contributed by atoms with van der Waals surface area (Å²) in [6.07, 6.45) is 0.691. The Balaban J connectivity index is 2.05. The van der Waals surface area contributed by atoms with Gasteiger partial charge in [0.2, 0.25) is 5.91 Å². The first-order chi connectivity index (χ1) is 12.0. The maximum Gasteiger partial charge on any atom is 0.243 e. The van der Waals surface area contributed by atoms with Crippen molar-refractivity contribution < 1.29 is 13.2 Å². The van der Waals surface area contributed by atoms with Crippen LogP contribution in [-0.4, -0.2) is 14.3 Å². The molecule has 1 aliphatic carbocycles. The molecule has 3 aromatic carbocycles. The zero-order valence-corrected chi connectivity index (χ0v) is 14.3. The lowest BCUT2D eigenvalue weighted by Gasteiger charge is -2.27. The summed E-state index contributed by atoms with van der Waals surface area (Å²) in [6.45, 7) is 0. The molecule has 0 saturated carbocycles. The maximum atomic E-state index is 13.7. The largest absolute Gasteiger partial charge is 0.368 e. The Morgan fingerprint density at radius 3 is 2.40 bits per heavy atom. The molecule has 4 nitrogen and oxygen atoms in total. The van der Waals surface area contributed by atoms with E-state index < -0.39 is 20.5 Å². The fraction of sp³-hybridized carbons (Fsp3) is 0.150. The number of sulfone groups is 1. The summed E-state index contributed by atoms with van der Waals surface area (Å²) in [4.78, 5) is 12.6. The predicted molar refractivity (Wildman–Crippen MR) is 96.8 cm³/mol. The third kappa shape index (κ3) is 2.05. The number of nitrogens with two attached hydrogens (primary N) is 1. The van der Waals surface area contributed by atoms with Gasteiger partial charge in [0, 0.05) is 5.39 Å². The number of hydrogen-bond acceptors (Lipinski definition) is 3. The van der Waals surface area contributed by atoms with Crippen LogP contribution in [0, 0.1) is 0 Å². The number of carbonyl (C=O) groups excluding carboxylic acids is 1. The lowest BCUT2D eigenvalue weighted by atomic mass is 10.00. The van der Waals surface area contributed by atoms with Crippen molar-refractivity contribution in [1.29, 1.82) is 0 Å². The smallest absolute Gasteiger partial charge is 0.243 e. The molecule has 0 aromatic heterocycles. The molecule has 1 amide bonds. The first kappa shape index (κ1) is 15.8. The summed E-state index contributed by atoms with van der Waals surface area (Å²) in [5.74, 6) is -0.814. The van der Waals surface area contributed by atoms with Crippen LogP contribution in [0.25, 0.3) is 10.8 Å². The molecule has 5 heteroatoms. The predicted octanol–water partition coefficient (Wildman–Crippen LogP) is 2.94. The van der Waals surface area contributed by atoms with E-state index in [9.17, 15) is 13.2 Å². The second-order valence-corrected chi connectivity index (χ2v) is 8.47. The number of fused-ring (bicyclic) bond motifs is 2. The molecule has 126 valence electrons. The normalized spacial score (nSPS) is 19.7. The van der Waals surface area contributed by atoms with E-state index in [4.69, 9.17) is 5.73 Å². The summed E-state index contributed by atoms with van der Waals surface area (Å²) in [5.41, 5.74) is 7.07. The topological polar surface area (TPSA) is 77.2 Å². The molecular weight excluding hydrogens is 334 g/mol. The number of rotatable bonds is 3. The van der Waals surface area contributed by atoms with E-state index in [1.165, 1.54) is 0 Å². The van der Waals surface area contributed by atoms with E-state index in [0.29, 0.717) is 17.4 Å². The van der Waals surface area contributed by atoms with Gasteiger partial charge in [0.15, 0.2) is 14.6 Å². The molecule has 0 saturated heterocycles. The lowest BCUT2D eigenvalue weighted by molar-refractivity contribution is -0.120. The number of aryl methyl sites for hydroxylation is 1. The van der Waals surface area contributed by atoms with Crippen LogP contribution in [0.1, 0.15) is 17.5 Å². The van der Waals surface area contributed by atoms with Gasteiger partial charge in [-0.15, -0.1) is 0 Å². The highest BCUT2D eigenvalue weighted by Crippen LogP contribution is 2.47. The Bertz CT molecular complexity index is 1100. The molecule has 0 spiro atoms. The first-order valence-electron chi connectivity index (χ1n) is 8.09. The van der Waals surface area contributed by atoms with Crippen LogP contribution in [0.5, 0.6) is 0 Å². The average molecular weight is 351 g/mol.